The number of esters is 1. The first-order chi connectivity index (χ1) is 19.3. The molecule has 1 aromatic heterocycles. The molecule has 0 saturated heterocycles. The van der Waals surface area contributed by atoms with Crippen LogP contribution in [-0.2, 0) is 40.3 Å². The number of aromatic nitrogens is 2. The normalized spacial score (nSPS) is 13.0. The molecule has 0 N–H and O–H groups in total. The standard InChI is InChI=1S/C23H32N2O4.C8H11Cl2NO/c1-7-16-13-15(3)14-17(8-2)18(16)19-20(26)24-9-11-28-12-10-25(24)21(19)29-22(27)23(4,5)6;1-3-5-11(6-4-2)8(12)7(9)10/h13-14H,7-12H2,1-6H3;3-4,7H,1-2,5-6H2. The lowest BCUT2D eigenvalue weighted by Gasteiger charge is -2.19. The third-order valence-electron chi connectivity index (χ3n) is 6.54. The Hall–Kier alpha value is -2.81. The van der Waals surface area contributed by atoms with E-state index in [0.717, 1.165) is 29.5 Å². The number of halogens is 2. The van der Waals surface area contributed by atoms with E-state index in [2.05, 4.69) is 46.1 Å². The van der Waals surface area contributed by atoms with E-state index in [4.69, 9.17) is 32.7 Å². The number of benzene rings is 1. The summed E-state index contributed by atoms with van der Waals surface area (Å²) in [5, 5.41) is 0. The Morgan fingerprint density at radius 3 is 1.98 bits per heavy atom. The minimum Gasteiger partial charge on any atom is -0.407 e. The number of carbonyl (C=O) groups is 2. The third kappa shape index (κ3) is 8.60. The molecule has 226 valence electrons. The predicted octanol–water partition coefficient (Wildman–Crippen LogP) is 5.72. The van der Waals surface area contributed by atoms with Crippen molar-refractivity contribution in [3.8, 4) is 17.0 Å². The van der Waals surface area contributed by atoms with Crippen molar-refractivity contribution >= 4 is 35.1 Å². The van der Waals surface area contributed by atoms with Crippen LogP contribution >= 0.6 is 23.2 Å². The van der Waals surface area contributed by atoms with Crippen molar-refractivity contribution in [3.63, 3.8) is 0 Å². The van der Waals surface area contributed by atoms with Gasteiger partial charge in [0.15, 0.2) is 4.84 Å². The Bertz CT molecular complexity index is 1270. The molecule has 3 rings (SSSR count). The van der Waals surface area contributed by atoms with Crippen molar-refractivity contribution in [2.75, 3.05) is 26.3 Å². The minimum atomic E-state index is -1.01. The van der Waals surface area contributed by atoms with Crippen LogP contribution in [0, 0.1) is 12.3 Å². The lowest BCUT2D eigenvalue weighted by molar-refractivity contribution is -0.143. The zero-order valence-electron chi connectivity index (χ0n) is 25.1. The number of hydrogen-bond acceptors (Lipinski definition) is 5. The largest absolute Gasteiger partial charge is 0.407 e. The van der Waals surface area contributed by atoms with Gasteiger partial charge in [0.2, 0.25) is 5.88 Å². The van der Waals surface area contributed by atoms with Gasteiger partial charge in [0.25, 0.3) is 11.5 Å². The van der Waals surface area contributed by atoms with Crippen molar-refractivity contribution in [2.24, 2.45) is 5.41 Å². The molecule has 1 amide bonds. The van der Waals surface area contributed by atoms with Crippen LogP contribution in [0.1, 0.15) is 51.3 Å². The van der Waals surface area contributed by atoms with Gasteiger partial charge in [0.05, 0.1) is 31.7 Å². The SMILES string of the molecule is C=CCN(CC=C)C(=O)C(Cl)Cl.CCc1cc(C)cc(CC)c1-c1c(OC(=O)C(C)(C)C)n2n(c1=O)CCOCC2. The highest BCUT2D eigenvalue weighted by atomic mass is 35.5. The molecule has 0 spiro atoms. The summed E-state index contributed by atoms with van der Waals surface area (Å²) in [7, 11) is 0. The molecule has 1 aliphatic rings. The number of ether oxygens (including phenoxy) is 2. The molecular weight excluding hydrogens is 565 g/mol. The highest BCUT2D eigenvalue weighted by Gasteiger charge is 2.32. The van der Waals surface area contributed by atoms with Gasteiger partial charge in [-0.1, -0.05) is 66.9 Å². The number of fused-ring (bicyclic) bond motifs is 1. The lowest BCUT2D eigenvalue weighted by Crippen LogP contribution is -2.35. The fourth-order valence-corrected chi connectivity index (χ4v) is 4.78. The van der Waals surface area contributed by atoms with Gasteiger partial charge in [0.1, 0.15) is 5.56 Å². The van der Waals surface area contributed by atoms with E-state index < -0.39 is 10.3 Å². The van der Waals surface area contributed by atoms with Gasteiger partial charge in [-0.25, -0.2) is 9.36 Å². The van der Waals surface area contributed by atoms with Crippen LogP contribution in [0.15, 0.2) is 42.2 Å². The Kier molecular flexibility index (Phi) is 12.9. The van der Waals surface area contributed by atoms with Gasteiger partial charge in [-0.3, -0.25) is 14.4 Å². The number of amides is 1. The minimum absolute atomic E-state index is 0.125. The second-order valence-corrected chi connectivity index (χ2v) is 11.9. The maximum atomic E-state index is 13.5. The summed E-state index contributed by atoms with van der Waals surface area (Å²) in [5.74, 6) is -0.333. The van der Waals surface area contributed by atoms with Crippen LogP contribution in [0.2, 0.25) is 0 Å². The second kappa shape index (κ2) is 15.4. The topological polar surface area (TPSA) is 82.8 Å². The van der Waals surface area contributed by atoms with Gasteiger partial charge in [-0.05, 0) is 57.2 Å². The highest BCUT2D eigenvalue weighted by Crippen LogP contribution is 2.36. The number of rotatable bonds is 9. The molecule has 10 heteroatoms. The van der Waals surface area contributed by atoms with Crippen LogP contribution in [0.3, 0.4) is 0 Å². The Labute approximate surface area is 253 Å². The van der Waals surface area contributed by atoms with Crippen molar-refractivity contribution in [1.29, 1.82) is 0 Å². The summed E-state index contributed by atoms with van der Waals surface area (Å²) in [6.45, 7) is 21.4. The summed E-state index contributed by atoms with van der Waals surface area (Å²) in [4.78, 5) is 38.0. The van der Waals surface area contributed by atoms with Crippen molar-refractivity contribution in [1.82, 2.24) is 14.3 Å². The fraction of sp³-hybridized carbons (Fsp3) is 0.516. The van der Waals surface area contributed by atoms with Crippen LogP contribution in [-0.4, -0.2) is 57.3 Å². The fourth-order valence-electron chi connectivity index (χ4n) is 4.50. The van der Waals surface area contributed by atoms with E-state index in [1.807, 2.05) is 20.8 Å². The third-order valence-corrected chi connectivity index (χ3v) is 6.91. The molecule has 8 nitrogen and oxygen atoms in total. The van der Waals surface area contributed by atoms with Gasteiger partial charge in [-0.2, -0.15) is 0 Å². The molecule has 41 heavy (non-hydrogen) atoms. The number of hydrogen-bond donors (Lipinski definition) is 0. The average Bonchev–Trinajstić information content (AvgIpc) is 3.06. The van der Waals surface area contributed by atoms with Crippen LogP contribution in [0.4, 0.5) is 0 Å². The zero-order valence-corrected chi connectivity index (χ0v) is 26.6. The van der Waals surface area contributed by atoms with Gasteiger partial charge in [0, 0.05) is 13.1 Å². The summed E-state index contributed by atoms with van der Waals surface area (Å²) in [6, 6.07) is 4.25. The molecule has 0 radical (unpaired) electrons. The van der Waals surface area contributed by atoms with Crippen LogP contribution in [0.5, 0.6) is 5.88 Å². The highest BCUT2D eigenvalue weighted by molar-refractivity contribution is 6.53. The van der Waals surface area contributed by atoms with E-state index in [1.165, 1.54) is 10.5 Å². The first-order valence-corrected chi connectivity index (χ1v) is 14.7. The van der Waals surface area contributed by atoms with Crippen LogP contribution < -0.4 is 10.3 Å². The van der Waals surface area contributed by atoms with Crippen LogP contribution in [0.25, 0.3) is 11.1 Å². The van der Waals surface area contributed by atoms with E-state index in [1.54, 1.807) is 21.5 Å². The lowest BCUT2D eigenvalue weighted by atomic mass is 9.91. The first kappa shape index (κ1) is 34.4. The van der Waals surface area contributed by atoms with E-state index in [-0.39, 0.29) is 17.4 Å². The van der Waals surface area contributed by atoms with Gasteiger partial charge < -0.3 is 14.4 Å². The molecular formula is C31H43Cl2N3O5. The zero-order chi connectivity index (χ0) is 30.9. The summed E-state index contributed by atoms with van der Waals surface area (Å²) >= 11 is 10.8. The molecule has 1 aliphatic heterocycles. The molecule has 0 unspecified atom stereocenters. The van der Waals surface area contributed by atoms with E-state index >= 15 is 0 Å². The average molecular weight is 609 g/mol. The number of nitrogens with zero attached hydrogens (tertiary/aromatic N) is 3. The Morgan fingerprint density at radius 2 is 1.54 bits per heavy atom. The quantitative estimate of drug-likeness (QED) is 0.207. The Morgan fingerprint density at radius 1 is 1.02 bits per heavy atom. The summed E-state index contributed by atoms with van der Waals surface area (Å²) < 4.78 is 14.9. The monoisotopic (exact) mass is 607 g/mol. The maximum absolute atomic E-state index is 13.5. The first-order valence-electron chi connectivity index (χ1n) is 13.9. The van der Waals surface area contributed by atoms with Crippen molar-refractivity contribution in [3.05, 3.63) is 64.5 Å². The molecule has 2 heterocycles. The molecule has 0 saturated carbocycles. The summed E-state index contributed by atoms with van der Waals surface area (Å²) in [6.07, 6.45) is 4.81. The number of carbonyl (C=O) groups excluding carboxylic acids is 2. The molecule has 0 bridgehead atoms. The summed E-state index contributed by atoms with van der Waals surface area (Å²) in [5.41, 5.74) is 3.99. The van der Waals surface area contributed by atoms with E-state index in [9.17, 15) is 14.4 Å². The molecule has 0 fully saturated rings. The van der Waals surface area contributed by atoms with Crippen molar-refractivity contribution < 1.29 is 19.1 Å². The van der Waals surface area contributed by atoms with Crippen molar-refractivity contribution in [2.45, 2.75) is 72.3 Å². The predicted molar refractivity (Wildman–Crippen MR) is 166 cm³/mol. The molecule has 2 aromatic rings. The molecule has 1 aromatic carbocycles. The van der Waals surface area contributed by atoms with Gasteiger partial charge >= 0.3 is 5.97 Å². The number of aryl methyl sites for hydroxylation is 3. The van der Waals surface area contributed by atoms with E-state index in [0.29, 0.717) is 50.8 Å². The second-order valence-electron chi connectivity index (χ2n) is 10.8. The number of alkyl halides is 2. The Balaban J connectivity index is 0.000000415. The maximum Gasteiger partial charge on any atom is 0.317 e. The molecule has 0 atom stereocenters. The molecule has 0 aliphatic carbocycles. The van der Waals surface area contributed by atoms with Gasteiger partial charge in [-0.15, -0.1) is 13.2 Å². The smallest absolute Gasteiger partial charge is 0.317 e.